The number of hydrogen-bond donors (Lipinski definition) is 2. The molecule has 0 aliphatic carbocycles. The molecule has 1 aliphatic rings. The molecule has 0 spiro atoms. The highest BCUT2D eigenvalue weighted by Gasteiger charge is 2.24. The van der Waals surface area contributed by atoms with Gasteiger partial charge in [0, 0.05) is 33.0 Å². The number of aromatic nitrogens is 1. The van der Waals surface area contributed by atoms with Crippen molar-refractivity contribution < 1.29 is 9.53 Å². The number of methoxy groups -OCH3 is 1. The zero-order valence-corrected chi connectivity index (χ0v) is 14.1. The summed E-state index contributed by atoms with van der Waals surface area (Å²) in [5, 5.41) is 0.860. The second-order valence-corrected chi connectivity index (χ2v) is 6.95. The second kappa shape index (κ2) is 6.72. The lowest BCUT2D eigenvalue weighted by atomic mass is 9.94. The quantitative estimate of drug-likeness (QED) is 0.874. The van der Waals surface area contributed by atoms with Crippen molar-refractivity contribution in [1.29, 1.82) is 0 Å². The van der Waals surface area contributed by atoms with Gasteiger partial charge < -0.3 is 21.1 Å². The number of fused-ring (bicyclic) bond motifs is 1. The van der Waals surface area contributed by atoms with Crippen LogP contribution in [0.25, 0.3) is 10.2 Å². The molecule has 1 atom stereocenters. The Bertz CT molecular complexity index is 715. The molecule has 0 radical (unpaired) electrons. The van der Waals surface area contributed by atoms with Crippen LogP contribution in [-0.4, -0.2) is 37.7 Å². The molecular weight excluding hydrogens is 312 g/mol. The van der Waals surface area contributed by atoms with Crippen LogP contribution < -0.4 is 16.4 Å². The van der Waals surface area contributed by atoms with Crippen LogP contribution in [0.4, 0.5) is 11.4 Å². The number of primary amides is 1. The van der Waals surface area contributed by atoms with E-state index in [0.717, 1.165) is 48.4 Å². The number of nitrogen functional groups attached to an aromatic ring is 1. The number of carbonyl (C=O) groups excluding carboxylic acids is 1. The van der Waals surface area contributed by atoms with E-state index in [1.807, 2.05) is 6.07 Å². The molecule has 1 fully saturated rings. The van der Waals surface area contributed by atoms with E-state index in [1.54, 1.807) is 13.3 Å². The summed E-state index contributed by atoms with van der Waals surface area (Å²) in [6, 6.07) is 1.98. The minimum Gasteiger partial charge on any atom is -0.397 e. The van der Waals surface area contributed by atoms with E-state index in [4.69, 9.17) is 16.2 Å². The number of carbonyl (C=O) groups is 1. The molecule has 3 rings (SSSR count). The number of pyridine rings is 1. The van der Waals surface area contributed by atoms with Crippen LogP contribution in [0.2, 0.25) is 0 Å². The molecule has 1 saturated heterocycles. The Morgan fingerprint density at radius 2 is 2.39 bits per heavy atom. The smallest absolute Gasteiger partial charge is 0.260 e. The molecule has 7 heteroatoms. The number of ether oxygens (including phenoxy) is 1. The molecule has 4 N–H and O–H groups in total. The number of piperidine rings is 1. The van der Waals surface area contributed by atoms with Gasteiger partial charge in [0.1, 0.15) is 9.71 Å². The zero-order valence-electron chi connectivity index (χ0n) is 13.2. The van der Waals surface area contributed by atoms with Gasteiger partial charge in [0.15, 0.2) is 0 Å². The number of thiophene rings is 1. The van der Waals surface area contributed by atoms with Crippen molar-refractivity contribution in [3.63, 3.8) is 0 Å². The molecule has 124 valence electrons. The van der Waals surface area contributed by atoms with Crippen molar-refractivity contribution in [2.24, 2.45) is 11.7 Å². The van der Waals surface area contributed by atoms with E-state index in [0.29, 0.717) is 16.5 Å². The maximum absolute atomic E-state index is 11.5. The molecular formula is C16H22N4O2S. The van der Waals surface area contributed by atoms with Crippen LogP contribution in [0, 0.1) is 5.92 Å². The van der Waals surface area contributed by atoms with Crippen LogP contribution in [-0.2, 0) is 4.74 Å². The van der Waals surface area contributed by atoms with Crippen molar-refractivity contribution in [1.82, 2.24) is 4.98 Å². The number of anilines is 2. The molecule has 0 aromatic carbocycles. The fourth-order valence-corrected chi connectivity index (χ4v) is 4.22. The maximum atomic E-state index is 11.5. The summed E-state index contributed by atoms with van der Waals surface area (Å²) < 4.78 is 5.21. The Hall–Kier alpha value is -1.86. The number of amides is 1. The van der Waals surface area contributed by atoms with Crippen molar-refractivity contribution in [2.75, 3.05) is 37.4 Å². The Labute approximate surface area is 139 Å². The lowest BCUT2D eigenvalue weighted by Crippen LogP contribution is -2.36. The summed E-state index contributed by atoms with van der Waals surface area (Å²) in [4.78, 5) is 19.4. The molecule has 0 saturated carbocycles. The lowest BCUT2D eigenvalue weighted by molar-refractivity contribution is 0.100. The molecule has 1 aliphatic heterocycles. The highest BCUT2D eigenvalue weighted by Crippen LogP contribution is 2.39. The highest BCUT2D eigenvalue weighted by molar-refractivity contribution is 7.21. The first-order valence-electron chi connectivity index (χ1n) is 7.82. The number of nitrogens with zero attached hydrogens (tertiary/aromatic N) is 2. The van der Waals surface area contributed by atoms with Gasteiger partial charge in [-0.05, 0) is 31.2 Å². The van der Waals surface area contributed by atoms with E-state index in [2.05, 4.69) is 9.88 Å². The van der Waals surface area contributed by atoms with E-state index in [-0.39, 0.29) is 0 Å². The zero-order chi connectivity index (χ0) is 16.4. The molecule has 1 amide bonds. The van der Waals surface area contributed by atoms with Crippen LogP contribution in [0.15, 0.2) is 12.3 Å². The molecule has 2 aromatic heterocycles. The first-order chi connectivity index (χ1) is 11.1. The molecule has 0 bridgehead atoms. The summed E-state index contributed by atoms with van der Waals surface area (Å²) in [6.07, 6.45) is 5.20. The number of rotatable bonds is 5. The van der Waals surface area contributed by atoms with Gasteiger partial charge in [-0.3, -0.25) is 4.79 Å². The summed E-state index contributed by atoms with van der Waals surface area (Å²) in [5.41, 5.74) is 13.1. The van der Waals surface area contributed by atoms with Crippen LogP contribution >= 0.6 is 11.3 Å². The van der Waals surface area contributed by atoms with Crippen LogP contribution in [0.3, 0.4) is 0 Å². The molecule has 1 unspecified atom stereocenters. The topological polar surface area (TPSA) is 94.5 Å². The third-order valence-corrected chi connectivity index (χ3v) is 5.55. The predicted molar refractivity (Wildman–Crippen MR) is 94.0 cm³/mol. The SMILES string of the molecule is COCCC1CCCN(c2ccnc3sc(C(N)=O)c(N)c23)C1. The summed E-state index contributed by atoms with van der Waals surface area (Å²) in [7, 11) is 1.74. The average Bonchev–Trinajstić information content (AvgIpc) is 2.91. The van der Waals surface area contributed by atoms with Gasteiger partial charge in [-0.25, -0.2) is 4.98 Å². The number of nitrogens with two attached hydrogens (primary N) is 2. The minimum absolute atomic E-state index is 0.396. The van der Waals surface area contributed by atoms with E-state index in [9.17, 15) is 4.79 Å². The standard InChI is InChI=1S/C16H22N4O2S/c1-22-8-5-10-3-2-7-20(9-10)11-4-6-19-16-12(11)13(17)14(23-16)15(18)21/h4,6,10H,2-3,5,7-9,17H2,1H3,(H2,18,21). The third-order valence-electron chi connectivity index (χ3n) is 4.42. The van der Waals surface area contributed by atoms with Gasteiger partial charge >= 0.3 is 0 Å². The second-order valence-electron chi connectivity index (χ2n) is 5.96. The summed E-state index contributed by atoms with van der Waals surface area (Å²) in [6.45, 7) is 2.75. The number of hydrogen-bond acceptors (Lipinski definition) is 6. The Kier molecular flexibility index (Phi) is 4.68. The third kappa shape index (κ3) is 3.11. The normalized spacial score (nSPS) is 18.5. The van der Waals surface area contributed by atoms with Crippen molar-refractivity contribution in [3.8, 4) is 0 Å². The minimum atomic E-state index is -0.493. The van der Waals surface area contributed by atoms with Crippen molar-refractivity contribution >= 4 is 38.8 Å². The first-order valence-corrected chi connectivity index (χ1v) is 8.64. The predicted octanol–water partition coefficient (Wildman–Crippen LogP) is 2.23. The highest BCUT2D eigenvalue weighted by atomic mass is 32.1. The van der Waals surface area contributed by atoms with Gasteiger partial charge in [0.05, 0.1) is 16.8 Å². The van der Waals surface area contributed by atoms with E-state index >= 15 is 0 Å². The van der Waals surface area contributed by atoms with Gasteiger partial charge in [0.2, 0.25) is 0 Å². The Morgan fingerprint density at radius 3 is 3.13 bits per heavy atom. The molecule has 2 aromatic rings. The van der Waals surface area contributed by atoms with Crippen molar-refractivity contribution in [2.45, 2.75) is 19.3 Å². The lowest BCUT2D eigenvalue weighted by Gasteiger charge is -2.34. The fraction of sp³-hybridized carbons (Fsp3) is 0.500. The molecule has 23 heavy (non-hydrogen) atoms. The van der Waals surface area contributed by atoms with Gasteiger partial charge in [-0.2, -0.15) is 0 Å². The van der Waals surface area contributed by atoms with Crippen LogP contribution in [0.5, 0.6) is 0 Å². The Morgan fingerprint density at radius 1 is 1.57 bits per heavy atom. The van der Waals surface area contributed by atoms with Crippen LogP contribution in [0.1, 0.15) is 28.9 Å². The van der Waals surface area contributed by atoms with E-state index in [1.165, 1.54) is 17.8 Å². The average molecular weight is 334 g/mol. The molecule has 6 nitrogen and oxygen atoms in total. The largest absolute Gasteiger partial charge is 0.397 e. The monoisotopic (exact) mass is 334 g/mol. The molecule has 3 heterocycles. The summed E-state index contributed by atoms with van der Waals surface area (Å²) >= 11 is 1.27. The van der Waals surface area contributed by atoms with Crippen molar-refractivity contribution in [3.05, 3.63) is 17.1 Å². The van der Waals surface area contributed by atoms with Gasteiger partial charge in [-0.15, -0.1) is 11.3 Å². The van der Waals surface area contributed by atoms with Gasteiger partial charge in [0.25, 0.3) is 5.91 Å². The maximum Gasteiger partial charge on any atom is 0.260 e. The Balaban J connectivity index is 1.94. The van der Waals surface area contributed by atoms with E-state index < -0.39 is 5.91 Å². The van der Waals surface area contributed by atoms with Gasteiger partial charge in [-0.1, -0.05) is 0 Å². The first kappa shape index (κ1) is 16.0. The summed E-state index contributed by atoms with van der Waals surface area (Å²) in [5.74, 6) is 0.121. The fourth-order valence-electron chi connectivity index (χ4n) is 3.28.